The highest BCUT2D eigenvalue weighted by Crippen LogP contribution is 2.39. The third-order valence-electron chi connectivity index (χ3n) is 5.41. The van der Waals surface area contributed by atoms with E-state index in [1.807, 2.05) is 0 Å². The van der Waals surface area contributed by atoms with Gasteiger partial charge in [-0.25, -0.2) is 9.97 Å². The minimum absolute atomic E-state index is 0.665. The van der Waals surface area contributed by atoms with Gasteiger partial charge in [0.15, 0.2) is 5.82 Å². The Morgan fingerprint density at radius 3 is 2.95 bits per heavy atom. The summed E-state index contributed by atoms with van der Waals surface area (Å²) in [6.07, 6.45) is 9.03. The average molecular weight is 288 g/mol. The maximum atomic E-state index is 5.40. The fourth-order valence-electron chi connectivity index (χ4n) is 4.62. The second kappa shape index (κ2) is 5.44. The van der Waals surface area contributed by atoms with Crippen LogP contribution in [0.15, 0.2) is 12.4 Å². The number of hydrogen-bond donors (Lipinski definition) is 0. The lowest BCUT2D eigenvalue weighted by Crippen LogP contribution is -2.59. The standard InChI is InChI=1S/C16H24N4O/c1-21-16-15(17-5-6-18-16)20-10-12-8-13(11-20)14-4-2-3-7-19(14)9-12/h5-6,12-14H,2-4,7-11H2,1H3/t12-,13-,14+/m1/s1. The Balaban J connectivity index is 1.57. The lowest BCUT2D eigenvalue weighted by Gasteiger charge is -2.52. The number of fused-ring (bicyclic) bond motifs is 4. The molecule has 21 heavy (non-hydrogen) atoms. The topological polar surface area (TPSA) is 41.5 Å². The van der Waals surface area contributed by atoms with E-state index in [1.54, 1.807) is 19.5 Å². The van der Waals surface area contributed by atoms with Gasteiger partial charge in [-0.2, -0.15) is 0 Å². The second-order valence-electron chi connectivity index (χ2n) is 6.71. The highest BCUT2D eigenvalue weighted by Gasteiger charge is 2.42. The predicted octanol–water partition coefficient (Wildman–Crippen LogP) is 1.80. The van der Waals surface area contributed by atoms with Crippen molar-refractivity contribution in [3.05, 3.63) is 12.4 Å². The Morgan fingerprint density at radius 2 is 2.05 bits per heavy atom. The van der Waals surface area contributed by atoms with Crippen LogP contribution in [0.5, 0.6) is 5.88 Å². The van der Waals surface area contributed by atoms with Gasteiger partial charge in [0.1, 0.15) is 0 Å². The molecule has 0 saturated carbocycles. The van der Waals surface area contributed by atoms with E-state index in [9.17, 15) is 0 Å². The van der Waals surface area contributed by atoms with Gasteiger partial charge in [-0.1, -0.05) is 6.42 Å². The van der Waals surface area contributed by atoms with Gasteiger partial charge in [-0.05, 0) is 37.6 Å². The van der Waals surface area contributed by atoms with Crippen LogP contribution < -0.4 is 9.64 Å². The number of piperidine rings is 3. The van der Waals surface area contributed by atoms with Gasteiger partial charge >= 0.3 is 0 Å². The lowest BCUT2D eigenvalue weighted by atomic mass is 9.76. The van der Waals surface area contributed by atoms with Gasteiger partial charge < -0.3 is 9.64 Å². The second-order valence-corrected chi connectivity index (χ2v) is 6.71. The summed E-state index contributed by atoms with van der Waals surface area (Å²) in [4.78, 5) is 14.0. The molecule has 3 fully saturated rings. The molecule has 4 heterocycles. The molecule has 114 valence electrons. The first-order chi connectivity index (χ1) is 10.3. The van der Waals surface area contributed by atoms with Gasteiger partial charge in [-0.15, -0.1) is 0 Å². The van der Waals surface area contributed by atoms with Gasteiger partial charge in [0.05, 0.1) is 7.11 Å². The van der Waals surface area contributed by atoms with Crippen molar-refractivity contribution in [2.75, 3.05) is 38.2 Å². The van der Waals surface area contributed by atoms with E-state index < -0.39 is 0 Å². The molecule has 5 heteroatoms. The van der Waals surface area contributed by atoms with Crippen LogP contribution in [-0.4, -0.2) is 54.2 Å². The van der Waals surface area contributed by atoms with Crippen molar-refractivity contribution in [3.63, 3.8) is 0 Å². The maximum absolute atomic E-state index is 5.40. The Bertz CT molecular complexity index is 509. The highest BCUT2D eigenvalue weighted by atomic mass is 16.5. The van der Waals surface area contributed by atoms with Crippen LogP contribution in [0, 0.1) is 11.8 Å². The van der Waals surface area contributed by atoms with Crippen LogP contribution in [0.1, 0.15) is 25.7 Å². The number of ether oxygens (including phenoxy) is 1. The lowest BCUT2D eigenvalue weighted by molar-refractivity contribution is 0.0183. The third kappa shape index (κ3) is 2.37. The molecule has 3 aliphatic heterocycles. The van der Waals surface area contributed by atoms with Crippen LogP contribution in [-0.2, 0) is 0 Å². The molecule has 1 aromatic heterocycles. The first-order valence-corrected chi connectivity index (χ1v) is 8.19. The van der Waals surface area contributed by atoms with E-state index in [4.69, 9.17) is 4.74 Å². The van der Waals surface area contributed by atoms with Crippen molar-refractivity contribution < 1.29 is 4.74 Å². The van der Waals surface area contributed by atoms with Crippen LogP contribution in [0.3, 0.4) is 0 Å². The van der Waals surface area contributed by atoms with E-state index in [0.29, 0.717) is 5.88 Å². The highest BCUT2D eigenvalue weighted by molar-refractivity contribution is 5.48. The van der Waals surface area contributed by atoms with Crippen LogP contribution in [0.25, 0.3) is 0 Å². The molecule has 3 saturated heterocycles. The predicted molar refractivity (Wildman–Crippen MR) is 81.6 cm³/mol. The third-order valence-corrected chi connectivity index (χ3v) is 5.41. The number of hydrogen-bond acceptors (Lipinski definition) is 5. The van der Waals surface area contributed by atoms with E-state index in [2.05, 4.69) is 19.8 Å². The Labute approximate surface area is 126 Å². The molecule has 0 radical (unpaired) electrons. The van der Waals surface area contributed by atoms with Gasteiger partial charge in [-0.3, -0.25) is 4.90 Å². The van der Waals surface area contributed by atoms with Crippen molar-refractivity contribution >= 4 is 5.82 Å². The fraction of sp³-hybridized carbons (Fsp3) is 0.750. The summed E-state index contributed by atoms with van der Waals surface area (Å²) >= 11 is 0. The summed E-state index contributed by atoms with van der Waals surface area (Å²) in [5.74, 6) is 3.14. The zero-order chi connectivity index (χ0) is 14.2. The van der Waals surface area contributed by atoms with Crippen LogP contribution in [0.4, 0.5) is 5.82 Å². The summed E-state index contributed by atoms with van der Waals surface area (Å²) < 4.78 is 5.40. The number of rotatable bonds is 2. The van der Waals surface area contributed by atoms with E-state index in [0.717, 1.165) is 36.8 Å². The van der Waals surface area contributed by atoms with Crippen LogP contribution >= 0.6 is 0 Å². The van der Waals surface area contributed by atoms with E-state index in [1.165, 1.54) is 38.8 Å². The zero-order valence-electron chi connectivity index (χ0n) is 12.7. The molecule has 0 aromatic carbocycles. The summed E-state index contributed by atoms with van der Waals surface area (Å²) in [7, 11) is 1.68. The Hall–Kier alpha value is -1.36. The number of aromatic nitrogens is 2. The summed E-state index contributed by atoms with van der Waals surface area (Å²) in [5.41, 5.74) is 0. The van der Waals surface area contributed by atoms with Crippen molar-refractivity contribution in [2.45, 2.75) is 31.7 Å². The largest absolute Gasteiger partial charge is 0.478 e. The average Bonchev–Trinajstić information content (AvgIpc) is 2.54. The SMILES string of the molecule is COc1nccnc1N1C[C@@H]2C[C@H](C1)[C@@H]1CCCCN1C2. The maximum Gasteiger partial charge on any atom is 0.257 e. The van der Waals surface area contributed by atoms with Crippen molar-refractivity contribution in [2.24, 2.45) is 11.8 Å². The molecule has 0 N–H and O–H groups in total. The minimum atomic E-state index is 0.665. The zero-order valence-corrected chi connectivity index (χ0v) is 12.7. The molecule has 0 aliphatic carbocycles. The molecule has 1 aromatic rings. The van der Waals surface area contributed by atoms with Gasteiger partial charge in [0.25, 0.3) is 5.88 Å². The van der Waals surface area contributed by atoms with Gasteiger partial charge in [0.2, 0.25) is 0 Å². The van der Waals surface area contributed by atoms with Crippen molar-refractivity contribution in [1.29, 1.82) is 0 Å². The quantitative estimate of drug-likeness (QED) is 0.830. The first kappa shape index (κ1) is 13.3. The Kier molecular flexibility index (Phi) is 3.45. The monoisotopic (exact) mass is 288 g/mol. The van der Waals surface area contributed by atoms with E-state index in [-0.39, 0.29) is 0 Å². The number of methoxy groups -OCH3 is 1. The van der Waals surface area contributed by atoms with Crippen molar-refractivity contribution in [3.8, 4) is 5.88 Å². The summed E-state index contributed by atoms with van der Waals surface area (Å²) in [6.45, 7) is 4.77. The molecule has 3 aliphatic rings. The normalized spacial score (nSPS) is 32.6. The minimum Gasteiger partial charge on any atom is -0.478 e. The molecular formula is C16H24N4O. The van der Waals surface area contributed by atoms with Gasteiger partial charge in [0, 0.05) is 38.1 Å². The van der Waals surface area contributed by atoms with Crippen LogP contribution in [0.2, 0.25) is 0 Å². The molecule has 0 unspecified atom stereocenters. The molecule has 4 rings (SSSR count). The molecule has 5 nitrogen and oxygen atoms in total. The molecule has 0 spiro atoms. The Morgan fingerprint density at radius 1 is 1.14 bits per heavy atom. The van der Waals surface area contributed by atoms with Crippen molar-refractivity contribution in [1.82, 2.24) is 14.9 Å². The number of nitrogens with zero attached hydrogens (tertiary/aromatic N) is 4. The van der Waals surface area contributed by atoms with E-state index >= 15 is 0 Å². The summed E-state index contributed by atoms with van der Waals surface area (Å²) in [5, 5.41) is 0. The smallest absolute Gasteiger partial charge is 0.257 e. The molecule has 2 bridgehead atoms. The number of anilines is 1. The molecule has 3 atom stereocenters. The molecular weight excluding hydrogens is 264 g/mol. The summed E-state index contributed by atoms with van der Waals surface area (Å²) in [6, 6.07) is 0.792. The molecule has 0 amide bonds. The fourth-order valence-corrected chi connectivity index (χ4v) is 4.62. The first-order valence-electron chi connectivity index (χ1n) is 8.19.